The molecular formula is C26H19N5O3. The summed E-state index contributed by atoms with van der Waals surface area (Å²) in [5.74, 6) is 0.656. The first-order valence-corrected chi connectivity index (χ1v) is 10.5. The molecular weight excluding hydrogens is 430 g/mol. The monoisotopic (exact) mass is 449 g/mol. The van der Waals surface area contributed by atoms with Crippen molar-refractivity contribution < 1.29 is 14.6 Å². The van der Waals surface area contributed by atoms with Gasteiger partial charge in [-0.3, -0.25) is 4.79 Å². The van der Waals surface area contributed by atoms with E-state index in [0.717, 1.165) is 22.2 Å². The molecule has 3 aromatic carbocycles. The molecule has 0 aliphatic heterocycles. The second-order valence-corrected chi connectivity index (χ2v) is 7.53. The number of aromatic amines is 1. The Kier molecular flexibility index (Phi) is 5.77. The van der Waals surface area contributed by atoms with Crippen molar-refractivity contribution in [1.29, 1.82) is 0 Å². The second-order valence-electron chi connectivity index (χ2n) is 7.53. The zero-order chi connectivity index (χ0) is 23.3. The van der Waals surface area contributed by atoms with E-state index < -0.39 is 0 Å². The van der Waals surface area contributed by atoms with Gasteiger partial charge in [-0.1, -0.05) is 42.5 Å². The molecule has 166 valence electrons. The number of nitrogens with zero attached hydrogens (tertiary/aromatic N) is 4. The molecule has 2 N–H and O–H groups in total. The summed E-state index contributed by atoms with van der Waals surface area (Å²) in [6, 6.07) is 23.9. The first-order chi connectivity index (χ1) is 16.7. The Hall–Kier alpha value is -4.85. The number of rotatable bonds is 7. The summed E-state index contributed by atoms with van der Waals surface area (Å²) in [7, 11) is 0. The van der Waals surface area contributed by atoms with Crippen LogP contribution in [0.2, 0.25) is 0 Å². The van der Waals surface area contributed by atoms with Crippen LogP contribution in [0.15, 0.2) is 84.9 Å². The largest absolute Gasteiger partial charge is 0.507 e. The normalized spacial score (nSPS) is 11.2. The fraction of sp³-hybridized carbons (Fsp3) is 0.0385. The van der Waals surface area contributed by atoms with Crippen molar-refractivity contribution in [2.45, 2.75) is 6.61 Å². The fourth-order valence-corrected chi connectivity index (χ4v) is 3.44. The highest BCUT2D eigenvalue weighted by Crippen LogP contribution is 2.24. The highest BCUT2D eigenvalue weighted by Gasteiger charge is 2.12. The molecule has 0 saturated carbocycles. The number of phenolic OH excluding ortho intramolecular Hbond substituents is 1. The number of aromatic hydroxyl groups is 1. The van der Waals surface area contributed by atoms with Crippen LogP contribution in [0.3, 0.4) is 0 Å². The van der Waals surface area contributed by atoms with Gasteiger partial charge in [0.2, 0.25) is 0 Å². The SMILES string of the molecule is O=C(C=Cc1ccc(OCc2ccc3ccccc3n2)cc1)c1cc(-c2nnn[nH]2)ccc1O. The van der Waals surface area contributed by atoms with E-state index in [1.54, 1.807) is 18.2 Å². The summed E-state index contributed by atoms with van der Waals surface area (Å²) in [5.41, 5.74) is 3.36. The number of ether oxygens (including phenoxy) is 1. The summed E-state index contributed by atoms with van der Waals surface area (Å²) in [6.07, 6.45) is 3.09. The number of hydrogen-bond acceptors (Lipinski definition) is 7. The number of allylic oxidation sites excluding steroid dienone is 1. The maximum Gasteiger partial charge on any atom is 0.189 e. The Morgan fingerprint density at radius 2 is 1.85 bits per heavy atom. The van der Waals surface area contributed by atoms with Gasteiger partial charge in [0.25, 0.3) is 0 Å². The van der Waals surface area contributed by atoms with Gasteiger partial charge in [-0.25, -0.2) is 10.1 Å². The van der Waals surface area contributed by atoms with Crippen LogP contribution in [0.25, 0.3) is 28.4 Å². The third-order valence-corrected chi connectivity index (χ3v) is 5.23. The average molecular weight is 449 g/mol. The Morgan fingerprint density at radius 1 is 1.00 bits per heavy atom. The van der Waals surface area contributed by atoms with Crippen LogP contribution in [-0.4, -0.2) is 36.5 Å². The number of phenols is 1. The number of H-pyrrole nitrogens is 1. The molecule has 8 heteroatoms. The topological polar surface area (TPSA) is 114 Å². The number of para-hydroxylation sites is 1. The minimum Gasteiger partial charge on any atom is -0.507 e. The lowest BCUT2D eigenvalue weighted by atomic mass is 10.0. The summed E-state index contributed by atoms with van der Waals surface area (Å²) in [4.78, 5) is 17.2. The number of carbonyl (C=O) groups excluding carboxylic acids is 1. The number of carbonyl (C=O) groups is 1. The van der Waals surface area contributed by atoms with E-state index >= 15 is 0 Å². The molecule has 0 saturated heterocycles. The molecule has 2 heterocycles. The van der Waals surface area contributed by atoms with E-state index in [1.807, 2.05) is 60.7 Å². The minimum absolute atomic E-state index is 0.114. The Balaban J connectivity index is 1.23. The van der Waals surface area contributed by atoms with Crippen molar-refractivity contribution in [1.82, 2.24) is 25.6 Å². The van der Waals surface area contributed by atoms with Gasteiger partial charge in [-0.05, 0) is 64.5 Å². The first kappa shape index (κ1) is 21.0. The van der Waals surface area contributed by atoms with Gasteiger partial charge in [0, 0.05) is 10.9 Å². The van der Waals surface area contributed by atoms with Gasteiger partial charge >= 0.3 is 0 Å². The third-order valence-electron chi connectivity index (χ3n) is 5.23. The molecule has 5 aromatic rings. The molecule has 0 aliphatic rings. The first-order valence-electron chi connectivity index (χ1n) is 10.5. The van der Waals surface area contributed by atoms with Crippen molar-refractivity contribution in [3.63, 3.8) is 0 Å². The van der Waals surface area contributed by atoms with Crippen molar-refractivity contribution in [2.75, 3.05) is 0 Å². The quantitative estimate of drug-likeness (QED) is 0.276. The van der Waals surface area contributed by atoms with Crippen LogP contribution in [-0.2, 0) is 6.61 Å². The standard InChI is InChI=1S/C26H19N5O3/c32-24(22-15-19(9-14-25(22)33)26-28-30-31-29-26)13-7-17-5-11-21(12-6-17)34-16-20-10-8-18-3-1-2-4-23(18)27-20/h1-15,33H,16H2,(H,28,29,30,31). The van der Waals surface area contributed by atoms with Gasteiger partial charge in [0.1, 0.15) is 18.1 Å². The van der Waals surface area contributed by atoms with Crippen LogP contribution in [0, 0.1) is 0 Å². The van der Waals surface area contributed by atoms with Crippen molar-refractivity contribution >= 4 is 22.8 Å². The van der Waals surface area contributed by atoms with Crippen LogP contribution < -0.4 is 4.74 Å². The van der Waals surface area contributed by atoms with Crippen molar-refractivity contribution in [2.24, 2.45) is 0 Å². The minimum atomic E-state index is -0.338. The third kappa shape index (κ3) is 4.66. The maximum atomic E-state index is 12.6. The molecule has 0 bridgehead atoms. The molecule has 0 atom stereocenters. The number of ketones is 1. The molecule has 0 aliphatic carbocycles. The van der Waals surface area contributed by atoms with Crippen LogP contribution >= 0.6 is 0 Å². The molecule has 0 fully saturated rings. The molecule has 0 unspecified atom stereocenters. The fourth-order valence-electron chi connectivity index (χ4n) is 3.44. The van der Waals surface area contributed by atoms with Crippen molar-refractivity contribution in [3.05, 3.63) is 102 Å². The molecule has 5 rings (SSSR count). The van der Waals surface area contributed by atoms with Gasteiger partial charge in [0.15, 0.2) is 11.6 Å². The van der Waals surface area contributed by atoms with E-state index in [9.17, 15) is 9.90 Å². The van der Waals surface area contributed by atoms with Crippen LogP contribution in [0.5, 0.6) is 11.5 Å². The maximum absolute atomic E-state index is 12.6. The highest BCUT2D eigenvalue weighted by atomic mass is 16.5. The lowest BCUT2D eigenvalue weighted by molar-refractivity contribution is 0.104. The Labute approximate surface area is 194 Å². The van der Waals surface area contributed by atoms with E-state index in [0.29, 0.717) is 23.7 Å². The summed E-state index contributed by atoms with van der Waals surface area (Å²) in [5, 5.41) is 24.7. The predicted molar refractivity (Wildman–Crippen MR) is 127 cm³/mol. The summed E-state index contributed by atoms with van der Waals surface area (Å²) in [6.45, 7) is 0.356. The lowest BCUT2D eigenvalue weighted by Crippen LogP contribution is -1.98. The summed E-state index contributed by atoms with van der Waals surface area (Å²) < 4.78 is 5.85. The molecule has 2 aromatic heterocycles. The van der Waals surface area contributed by atoms with E-state index in [-0.39, 0.29) is 17.1 Å². The Morgan fingerprint density at radius 3 is 2.68 bits per heavy atom. The Bertz CT molecular complexity index is 1480. The van der Waals surface area contributed by atoms with Crippen LogP contribution in [0.1, 0.15) is 21.6 Å². The van der Waals surface area contributed by atoms with E-state index in [1.165, 1.54) is 12.1 Å². The zero-order valence-electron chi connectivity index (χ0n) is 17.9. The summed E-state index contributed by atoms with van der Waals surface area (Å²) >= 11 is 0. The molecule has 0 spiro atoms. The second kappa shape index (κ2) is 9.33. The van der Waals surface area contributed by atoms with E-state index in [4.69, 9.17) is 4.74 Å². The molecule has 0 radical (unpaired) electrons. The molecule has 8 nitrogen and oxygen atoms in total. The number of aromatic nitrogens is 5. The highest BCUT2D eigenvalue weighted by molar-refractivity contribution is 6.09. The number of tetrazole rings is 1. The predicted octanol–water partition coefficient (Wildman–Crippen LogP) is 4.60. The number of nitrogens with one attached hydrogen (secondary N) is 1. The zero-order valence-corrected chi connectivity index (χ0v) is 17.9. The van der Waals surface area contributed by atoms with Gasteiger partial charge in [0.05, 0.1) is 16.8 Å². The molecule has 34 heavy (non-hydrogen) atoms. The number of hydrogen-bond donors (Lipinski definition) is 2. The number of pyridine rings is 1. The molecule has 0 amide bonds. The number of benzene rings is 3. The van der Waals surface area contributed by atoms with Crippen LogP contribution in [0.4, 0.5) is 0 Å². The van der Waals surface area contributed by atoms with Gasteiger partial charge < -0.3 is 9.84 Å². The van der Waals surface area contributed by atoms with E-state index in [2.05, 4.69) is 25.6 Å². The average Bonchev–Trinajstić information content (AvgIpc) is 3.42. The van der Waals surface area contributed by atoms with Gasteiger partial charge in [-0.15, -0.1) is 5.10 Å². The number of fused-ring (bicyclic) bond motifs is 1. The lowest BCUT2D eigenvalue weighted by Gasteiger charge is -2.07. The van der Waals surface area contributed by atoms with Gasteiger partial charge in [-0.2, -0.15) is 0 Å². The van der Waals surface area contributed by atoms with Crippen molar-refractivity contribution in [3.8, 4) is 22.9 Å². The smallest absolute Gasteiger partial charge is 0.189 e.